The number of carbonyl (C=O) groups excluding carboxylic acids is 2. The van der Waals surface area contributed by atoms with Gasteiger partial charge in [-0.25, -0.2) is 9.59 Å². The van der Waals surface area contributed by atoms with Crippen LogP contribution < -0.4 is 0 Å². The van der Waals surface area contributed by atoms with Crippen LogP contribution in [-0.2, 0) is 14.3 Å². The Morgan fingerprint density at radius 2 is 1.86 bits per heavy atom. The minimum Gasteiger partial charge on any atom is -0.463 e. The maximum absolute atomic E-state index is 12.4. The van der Waals surface area contributed by atoms with Crippen LogP contribution in [0.2, 0.25) is 0 Å². The van der Waals surface area contributed by atoms with E-state index in [0.29, 0.717) is 18.6 Å². The summed E-state index contributed by atoms with van der Waals surface area (Å²) in [5.41, 5.74) is 3.33. The molecule has 4 heteroatoms. The first-order valence-corrected chi connectivity index (χ1v) is 7.19. The van der Waals surface area contributed by atoms with Crippen LogP contribution in [0, 0.1) is 6.92 Å². The zero-order valence-electron chi connectivity index (χ0n) is 12.2. The Morgan fingerprint density at radius 3 is 2.55 bits per heavy atom. The quantitative estimate of drug-likeness (QED) is 0.817. The van der Waals surface area contributed by atoms with Crippen molar-refractivity contribution < 1.29 is 19.1 Å². The fraction of sp³-hybridized carbons (Fsp3) is 0.222. The Morgan fingerprint density at radius 1 is 1.14 bits per heavy atom. The van der Waals surface area contributed by atoms with Gasteiger partial charge in [0.25, 0.3) is 0 Å². The third-order valence-electron chi connectivity index (χ3n) is 3.65. The Bertz CT molecular complexity index is 703. The van der Waals surface area contributed by atoms with Crippen molar-refractivity contribution in [3.05, 3.63) is 59.7 Å². The molecule has 1 heterocycles. The van der Waals surface area contributed by atoms with E-state index in [-0.39, 0.29) is 0 Å². The molecule has 112 valence electrons. The smallest absolute Gasteiger partial charge is 0.347 e. The topological polar surface area (TPSA) is 52.6 Å². The van der Waals surface area contributed by atoms with Crippen molar-refractivity contribution >= 4 is 11.9 Å². The minimum absolute atomic E-state index is 0.302. The number of rotatable bonds is 3. The zero-order chi connectivity index (χ0) is 15.5. The summed E-state index contributed by atoms with van der Waals surface area (Å²) in [4.78, 5) is 23.8. The molecule has 1 aliphatic heterocycles. The van der Waals surface area contributed by atoms with Crippen molar-refractivity contribution in [2.24, 2.45) is 0 Å². The van der Waals surface area contributed by atoms with Crippen molar-refractivity contribution in [2.75, 3.05) is 6.61 Å². The SMILES string of the molecule is Cc1ccc(-c2ccccc2C(=O)OC2CCOC2=O)cc1. The monoisotopic (exact) mass is 296 g/mol. The van der Waals surface area contributed by atoms with Crippen LogP contribution in [0.25, 0.3) is 11.1 Å². The minimum atomic E-state index is -0.793. The molecular weight excluding hydrogens is 280 g/mol. The number of hydrogen-bond donors (Lipinski definition) is 0. The van der Waals surface area contributed by atoms with Gasteiger partial charge in [-0.15, -0.1) is 0 Å². The molecule has 0 aromatic heterocycles. The largest absolute Gasteiger partial charge is 0.463 e. The van der Waals surface area contributed by atoms with Gasteiger partial charge in [0.05, 0.1) is 12.2 Å². The van der Waals surface area contributed by atoms with Gasteiger partial charge in [0.15, 0.2) is 0 Å². The Balaban J connectivity index is 1.89. The summed E-state index contributed by atoms with van der Waals surface area (Å²) in [5.74, 6) is -0.971. The number of esters is 2. The molecule has 1 unspecified atom stereocenters. The van der Waals surface area contributed by atoms with Gasteiger partial charge in [0.2, 0.25) is 6.10 Å². The molecule has 22 heavy (non-hydrogen) atoms. The molecule has 2 aromatic rings. The molecule has 4 nitrogen and oxygen atoms in total. The summed E-state index contributed by atoms with van der Waals surface area (Å²) in [6.45, 7) is 2.31. The van der Waals surface area contributed by atoms with E-state index in [1.165, 1.54) is 0 Å². The molecule has 0 aliphatic carbocycles. The number of ether oxygens (including phenoxy) is 2. The second-order valence-corrected chi connectivity index (χ2v) is 5.26. The first-order valence-electron chi connectivity index (χ1n) is 7.19. The standard InChI is InChI=1S/C18H16O4/c1-12-6-8-13(9-7-12)14-4-2-3-5-15(14)17(19)22-16-10-11-21-18(16)20/h2-9,16H,10-11H2,1H3. The highest BCUT2D eigenvalue weighted by Gasteiger charge is 2.31. The van der Waals surface area contributed by atoms with E-state index in [2.05, 4.69) is 0 Å². The highest BCUT2D eigenvalue weighted by molar-refractivity contribution is 5.98. The highest BCUT2D eigenvalue weighted by Crippen LogP contribution is 2.25. The average Bonchev–Trinajstić information content (AvgIpc) is 2.93. The predicted molar refractivity (Wildman–Crippen MR) is 81.4 cm³/mol. The highest BCUT2D eigenvalue weighted by atomic mass is 16.6. The van der Waals surface area contributed by atoms with E-state index in [4.69, 9.17) is 9.47 Å². The second kappa shape index (κ2) is 6.02. The molecule has 1 saturated heterocycles. The number of cyclic esters (lactones) is 1. The van der Waals surface area contributed by atoms with Gasteiger partial charge < -0.3 is 9.47 Å². The molecular formula is C18H16O4. The van der Waals surface area contributed by atoms with Crippen molar-refractivity contribution in [1.82, 2.24) is 0 Å². The Kier molecular flexibility index (Phi) is 3.92. The summed E-state index contributed by atoms with van der Waals surface area (Å²) in [6, 6.07) is 15.1. The zero-order valence-corrected chi connectivity index (χ0v) is 12.2. The fourth-order valence-corrected chi connectivity index (χ4v) is 2.42. The molecule has 1 atom stereocenters. The van der Waals surface area contributed by atoms with Gasteiger partial charge in [-0.3, -0.25) is 0 Å². The summed E-state index contributed by atoms with van der Waals surface area (Å²) in [5, 5.41) is 0. The second-order valence-electron chi connectivity index (χ2n) is 5.26. The molecule has 2 aromatic carbocycles. The van der Waals surface area contributed by atoms with Gasteiger partial charge in [-0.05, 0) is 24.1 Å². The lowest BCUT2D eigenvalue weighted by Crippen LogP contribution is -2.23. The van der Waals surface area contributed by atoms with Crippen molar-refractivity contribution in [3.8, 4) is 11.1 Å². The predicted octanol–water partition coefficient (Wildman–Crippen LogP) is 3.13. The van der Waals surface area contributed by atoms with E-state index in [1.807, 2.05) is 43.3 Å². The molecule has 0 bridgehead atoms. The molecule has 0 spiro atoms. The van der Waals surface area contributed by atoms with Crippen molar-refractivity contribution in [1.29, 1.82) is 0 Å². The third kappa shape index (κ3) is 2.86. The summed E-state index contributed by atoms with van der Waals surface area (Å²) >= 11 is 0. The lowest BCUT2D eigenvalue weighted by molar-refractivity contribution is -0.145. The van der Waals surface area contributed by atoms with Crippen LogP contribution in [0.15, 0.2) is 48.5 Å². The first-order chi connectivity index (χ1) is 10.6. The Hall–Kier alpha value is -2.62. The number of benzene rings is 2. The normalized spacial score (nSPS) is 17.1. The molecule has 0 radical (unpaired) electrons. The lowest BCUT2D eigenvalue weighted by atomic mass is 9.99. The number of aryl methyl sites for hydroxylation is 1. The third-order valence-corrected chi connectivity index (χ3v) is 3.65. The molecule has 1 fully saturated rings. The molecule has 3 rings (SSSR count). The molecule has 0 amide bonds. The van der Waals surface area contributed by atoms with Crippen LogP contribution in [-0.4, -0.2) is 24.6 Å². The van der Waals surface area contributed by atoms with E-state index >= 15 is 0 Å². The lowest BCUT2D eigenvalue weighted by Gasteiger charge is -2.12. The van der Waals surface area contributed by atoms with Gasteiger partial charge in [-0.1, -0.05) is 48.0 Å². The summed E-state index contributed by atoms with van der Waals surface area (Å²) < 4.78 is 10.1. The van der Waals surface area contributed by atoms with Crippen LogP contribution in [0.5, 0.6) is 0 Å². The van der Waals surface area contributed by atoms with E-state index in [0.717, 1.165) is 16.7 Å². The van der Waals surface area contributed by atoms with Crippen LogP contribution >= 0.6 is 0 Å². The Labute approximate surface area is 128 Å². The van der Waals surface area contributed by atoms with E-state index in [9.17, 15) is 9.59 Å². The van der Waals surface area contributed by atoms with E-state index in [1.54, 1.807) is 12.1 Å². The van der Waals surface area contributed by atoms with Gasteiger partial charge >= 0.3 is 11.9 Å². The van der Waals surface area contributed by atoms with Crippen molar-refractivity contribution in [2.45, 2.75) is 19.4 Å². The maximum Gasteiger partial charge on any atom is 0.347 e. The molecule has 0 N–H and O–H groups in total. The van der Waals surface area contributed by atoms with Crippen LogP contribution in [0.1, 0.15) is 22.3 Å². The van der Waals surface area contributed by atoms with Crippen molar-refractivity contribution in [3.63, 3.8) is 0 Å². The average molecular weight is 296 g/mol. The van der Waals surface area contributed by atoms with Gasteiger partial charge in [0.1, 0.15) is 0 Å². The van der Waals surface area contributed by atoms with Gasteiger partial charge in [-0.2, -0.15) is 0 Å². The first kappa shape index (κ1) is 14.3. The number of hydrogen-bond acceptors (Lipinski definition) is 4. The maximum atomic E-state index is 12.4. The molecule has 0 saturated carbocycles. The van der Waals surface area contributed by atoms with Crippen LogP contribution in [0.4, 0.5) is 0 Å². The summed E-state index contributed by atoms with van der Waals surface area (Å²) in [6.07, 6.45) is -0.379. The fourth-order valence-electron chi connectivity index (χ4n) is 2.42. The van der Waals surface area contributed by atoms with E-state index < -0.39 is 18.0 Å². The van der Waals surface area contributed by atoms with Crippen LogP contribution in [0.3, 0.4) is 0 Å². The molecule has 1 aliphatic rings. The number of carbonyl (C=O) groups is 2. The van der Waals surface area contributed by atoms with Gasteiger partial charge in [0, 0.05) is 6.42 Å². The summed E-state index contributed by atoms with van der Waals surface area (Å²) in [7, 11) is 0.